The SMILES string of the molecule is CC(=O)NC(CC(=O)NC(C(=O)O)c1ccc(C)c(C)c1)c1ccc(C)cc1. The summed E-state index contributed by atoms with van der Waals surface area (Å²) in [6.45, 7) is 7.16. The van der Waals surface area contributed by atoms with Crippen molar-refractivity contribution in [3.8, 4) is 0 Å². The van der Waals surface area contributed by atoms with Crippen LogP contribution in [0.25, 0.3) is 0 Å². The highest BCUT2D eigenvalue weighted by Crippen LogP contribution is 2.21. The fourth-order valence-electron chi connectivity index (χ4n) is 2.93. The first-order valence-electron chi connectivity index (χ1n) is 9.10. The highest BCUT2D eigenvalue weighted by Gasteiger charge is 2.25. The largest absolute Gasteiger partial charge is 0.479 e. The molecule has 0 saturated heterocycles. The quantitative estimate of drug-likeness (QED) is 0.686. The van der Waals surface area contributed by atoms with E-state index in [1.54, 1.807) is 12.1 Å². The van der Waals surface area contributed by atoms with Crippen molar-refractivity contribution in [1.82, 2.24) is 10.6 Å². The van der Waals surface area contributed by atoms with Crippen LogP contribution in [0, 0.1) is 20.8 Å². The molecule has 28 heavy (non-hydrogen) atoms. The molecule has 0 aliphatic carbocycles. The number of carbonyl (C=O) groups is 3. The van der Waals surface area contributed by atoms with Gasteiger partial charge >= 0.3 is 5.97 Å². The van der Waals surface area contributed by atoms with Crippen molar-refractivity contribution in [2.45, 2.75) is 46.2 Å². The Kier molecular flexibility index (Phi) is 6.93. The first-order chi connectivity index (χ1) is 13.2. The molecular weight excluding hydrogens is 356 g/mol. The van der Waals surface area contributed by atoms with Crippen LogP contribution < -0.4 is 10.6 Å². The van der Waals surface area contributed by atoms with Crippen LogP contribution in [0.2, 0.25) is 0 Å². The number of hydrogen-bond donors (Lipinski definition) is 3. The van der Waals surface area contributed by atoms with E-state index in [2.05, 4.69) is 10.6 Å². The summed E-state index contributed by atoms with van der Waals surface area (Å²) in [5.41, 5.74) is 4.36. The van der Waals surface area contributed by atoms with Crippen molar-refractivity contribution < 1.29 is 19.5 Å². The van der Waals surface area contributed by atoms with Crippen LogP contribution in [0.5, 0.6) is 0 Å². The first kappa shape index (κ1) is 21.2. The highest BCUT2D eigenvalue weighted by molar-refractivity contribution is 5.85. The van der Waals surface area contributed by atoms with Gasteiger partial charge in [0, 0.05) is 6.92 Å². The number of rotatable bonds is 7. The fourth-order valence-corrected chi connectivity index (χ4v) is 2.93. The molecule has 2 unspecified atom stereocenters. The third-order valence-electron chi connectivity index (χ3n) is 4.66. The van der Waals surface area contributed by atoms with Crippen LogP contribution in [-0.4, -0.2) is 22.9 Å². The molecule has 0 fully saturated rings. The van der Waals surface area contributed by atoms with Crippen LogP contribution in [0.1, 0.15) is 53.2 Å². The van der Waals surface area contributed by atoms with Crippen molar-refractivity contribution in [3.63, 3.8) is 0 Å². The Hall–Kier alpha value is -3.15. The lowest BCUT2D eigenvalue weighted by Gasteiger charge is -2.21. The highest BCUT2D eigenvalue weighted by atomic mass is 16.4. The van der Waals surface area contributed by atoms with Gasteiger partial charge in [0.25, 0.3) is 0 Å². The van der Waals surface area contributed by atoms with Crippen LogP contribution in [0.15, 0.2) is 42.5 Å². The average Bonchev–Trinajstić information content (AvgIpc) is 2.61. The zero-order valence-corrected chi connectivity index (χ0v) is 16.6. The van der Waals surface area contributed by atoms with E-state index in [4.69, 9.17) is 0 Å². The van der Waals surface area contributed by atoms with E-state index in [1.807, 2.05) is 51.1 Å². The summed E-state index contributed by atoms with van der Waals surface area (Å²) in [6, 6.07) is 11.1. The maximum Gasteiger partial charge on any atom is 0.330 e. The van der Waals surface area contributed by atoms with Crippen molar-refractivity contribution in [3.05, 3.63) is 70.3 Å². The number of carboxylic acid groups (broad SMARTS) is 1. The van der Waals surface area contributed by atoms with Crippen molar-refractivity contribution in [2.75, 3.05) is 0 Å². The Labute approximate surface area is 165 Å². The topological polar surface area (TPSA) is 95.5 Å². The Morgan fingerprint density at radius 1 is 0.893 bits per heavy atom. The molecule has 0 bridgehead atoms. The van der Waals surface area contributed by atoms with Gasteiger partial charge in [-0.2, -0.15) is 0 Å². The number of carbonyl (C=O) groups excluding carboxylic acids is 2. The standard InChI is InChI=1S/C22H26N2O4/c1-13-5-8-17(9-6-13)19(23-16(4)25)12-20(26)24-21(22(27)28)18-10-7-14(2)15(3)11-18/h5-11,19,21H,12H2,1-4H3,(H,23,25)(H,24,26)(H,27,28). The minimum atomic E-state index is -1.15. The van der Waals surface area contributed by atoms with E-state index in [0.717, 1.165) is 22.3 Å². The molecule has 0 heterocycles. The molecule has 3 N–H and O–H groups in total. The van der Waals surface area contributed by atoms with Crippen LogP contribution in [0.4, 0.5) is 0 Å². The molecular formula is C22H26N2O4. The maximum atomic E-state index is 12.6. The van der Waals surface area contributed by atoms with Crippen molar-refractivity contribution >= 4 is 17.8 Å². The van der Waals surface area contributed by atoms with Gasteiger partial charge in [0.15, 0.2) is 6.04 Å². The van der Waals surface area contributed by atoms with Crippen molar-refractivity contribution in [1.29, 1.82) is 0 Å². The Balaban J connectivity index is 2.18. The second-order valence-corrected chi connectivity index (χ2v) is 7.05. The summed E-state index contributed by atoms with van der Waals surface area (Å²) < 4.78 is 0. The van der Waals surface area contributed by atoms with Crippen LogP contribution in [0.3, 0.4) is 0 Å². The molecule has 0 saturated carbocycles. The van der Waals surface area contributed by atoms with Gasteiger partial charge in [0.05, 0.1) is 12.5 Å². The van der Waals surface area contributed by atoms with Crippen LogP contribution >= 0.6 is 0 Å². The Bertz CT molecular complexity index is 875. The molecule has 148 valence electrons. The lowest BCUT2D eigenvalue weighted by Crippen LogP contribution is -2.37. The van der Waals surface area contributed by atoms with E-state index in [9.17, 15) is 19.5 Å². The molecule has 2 rings (SSSR count). The number of nitrogens with one attached hydrogen (secondary N) is 2. The molecule has 0 aliphatic heterocycles. The molecule has 0 spiro atoms. The minimum Gasteiger partial charge on any atom is -0.479 e. The van der Waals surface area contributed by atoms with E-state index in [1.165, 1.54) is 6.92 Å². The summed E-state index contributed by atoms with van der Waals surface area (Å²) >= 11 is 0. The number of amides is 2. The number of aryl methyl sites for hydroxylation is 3. The number of aliphatic carboxylic acids is 1. The maximum absolute atomic E-state index is 12.6. The van der Waals surface area contributed by atoms with Crippen LogP contribution in [-0.2, 0) is 14.4 Å². The van der Waals surface area contributed by atoms with Gasteiger partial charge < -0.3 is 15.7 Å². The van der Waals surface area contributed by atoms with Gasteiger partial charge in [-0.15, -0.1) is 0 Å². The van der Waals surface area contributed by atoms with Crippen molar-refractivity contribution in [2.24, 2.45) is 0 Å². The summed E-state index contributed by atoms with van der Waals surface area (Å²) in [7, 11) is 0. The summed E-state index contributed by atoms with van der Waals surface area (Å²) in [5, 5.41) is 14.9. The Morgan fingerprint density at radius 2 is 1.50 bits per heavy atom. The smallest absolute Gasteiger partial charge is 0.330 e. The van der Waals surface area contributed by atoms with Gasteiger partial charge in [0.2, 0.25) is 11.8 Å². The second kappa shape index (κ2) is 9.17. The molecule has 0 radical (unpaired) electrons. The first-order valence-corrected chi connectivity index (χ1v) is 9.10. The molecule has 2 amide bonds. The van der Waals surface area contributed by atoms with Gasteiger partial charge in [0.1, 0.15) is 0 Å². The zero-order valence-electron chi connectivity index (χ0n) is 16.6. The normalized spacial score (nSPS) is 12.7. The predicted octanol–water partition coefficient (Wildman–Crippen LogP) is 3.12. The molecule has 6 nitrogen and oxygen atoms in total. The Morgan fingerprint density at radius 3 is 2.04 bits per heavy atom. The fraction of sp³-hybridized carbons (Fsp3) is 0.318. The van der Waals surface area contributed by atoms with E-state index in [-0.39, 0.29) is 12.3 Å². The summed E-state index contributed by atoms with van der Waals surface area (Å²) in [4.78, 5) is 35.9. The summed E-state index contributed by atoms with van der Waals surface area (Å²) in [6.07, 6.45) is -0.0583. The monoisotopic (exact) mass is 382 g/mol. The molecule has 0 aliphatic rings. The second-order valence-electron chi connectivity index (χ2n) is 7.05. The van der Waals surface area contributed by atoms with E-state index >= 15 is 0 Å². The van der Waals surface area contributed by atoms with E-state index in [0.29, 0.717) is 5.56 Å². The summed E-state index contributed by atoms with van der Waals surface area (Å²) in [5.74, 6) is -1.85. The molecule has 2 aromatic rings. The van der Waals surface area contributed by atoms with E-state index < -0.39 is 24.0 Å². The van der Waals surface area contributed by atoms with Gasteiger partial charge in [-0.1, -0.05) is 48.0 Å². The minimum absolute atomic E-state index is 0.0583. The predicted molar refractivity (Wildman–Crippen MR) is 107 cm³/mol. The van der Waals surface area contributed by atoms with Gasteiger partial charge in [-0.25, -0.2) is 4.79 Å². The number of benzene rings is 2. The molecule has 6 heteroatoms. The molecule has 2 aromatic carbocycles. The van der Waals surface area contributed by atoms with Gasteiger partial charge in [-0.05, 0) is 43.0 Å². The number of hydrogen-bond acceptors (Lipinski definition) is 3. The average molecular weight is 382 g/mol. The lowest BCUT2D eigenvalue weighted by atomic mass is 9.99. The molecule has 0 aromatic heterocycles. The third-order valence-corrected chi connectivity index (χ3v) is 4.66. The number of carboxylic acids is 1. The van der Waals surface area contributed by atoms with Gasteiger partial charge in [-0.3, -0.25) is 9.59 Å². The third kappa shape index (κ3) is 5.67. The zero-order chi connectivity index (χ0) is 20.8. The lowest BCUT2D eigenvalue weighted by molar-refractivity contribution is -0.142. The molecule has 2 atom stereocenters.